The van der Waals surface area contributed by atoms with Crippen molar-refractivity contribution in [3.8, 4) is 0 Å². The molecule has 0 aromatic rings. The molecule has 0 spiro atoms. The van der Waals surface area contributed by atoms with Gasteiger partial charge in [-0.3, -0.25) is 19.9 Å². The SMILES string of the molecule is C=C(CCC(=C)N(O)CCCCCN)NCC/C=C/CN(C)C(=O)CCC(=C)NCC/C=C/CNC(C)=O. The van der Waals surface area contributed by atoms with Crippen molar-refractivity contribution in [3.63, 3.8) is 0 Å². The first-order valence-electron chi connectivity index (χ1n) is 13.6. The highest BCUT2D eigenvalue weighted by Gasteiger charge is 2.08. The van der Waals surface area contributed by atoms with Gasteiger partial charge in [0.2, 0.25) is 11.8 Å². The number of nitrogens with one attached hydrogen (secondary N) is 3. The van der Waals surface area contributed by atoms with Gasteiger partial charge in [-0.1, -0.05) is 50.5 Å². The number of rotatable bonds is 24. The molecule has 9 heteroatoms. The van der Waals surface area contributed by atoms with Gasteiger partial charge in [-0.25, -0.2) is 0 Å². The molecule has 0 saturated heterocycles. The maximum atomic E-state index is 12.3. The van der Waals surface area contributed by atoms with Gasteiger partial charge in [0.15, 0.2) is 0 Å². The Morgan fingerprint density at radius 3 is 2.05 bits per heavy atom. The van der Waals surface area contributed by atoms with Crippen LogP contribution in [0.1, 0.15) is 64.7 Å². The summed E-state index contributed by atoms with van der Waals surface area (Å²) in [7, 11) is 1.80. The third kappa shape index (κ3) is 21.1. The second-order valence-electron chi connectivity index (χ2n) is 9.33. The average molecular weight is 533 g/mol. The first kappa shape index (κ1) is 35.0. The summed E-state index contributed by atoms with van der Waals surface area (Å²) in [5.41, 5.74) is 7.94. The van der Waals surface area contributed by atoms with Crippen molar-refractivity contribution in [2.75, 3.05) is 46.3 Å². The zero-order valence-corrected chi connectivity index (χ0v) is 23.8. The summed E-state index contributed by atoms with van der Waals surface area (Å²) < 4.78 is 0. The van der Waals surface area contributed by atoms with Crippen LogP contribution in [0.3, 0.4) is 0 Å². The van der Waals surface area contributed by atoms with E-state index < -0.39 is 0 Å². The molecule has 216 valence electrons. The van der Waals surface area contributed by atoms with Crippen LogP contribution in [0.5, 0.6) is 0 Å². The van der Waals surface area contributed by atoms with Crippen molar-refractivity contribution in [2.45, 2.75) is 64.7 Å². The first-order chi connectivity index (χ1) is 18.2. The van der Waals surface area contributed by atoms with E-state index in [0.29, 0.717) is 51.1 Å². The van der Waals surface area contributed by atoms with Crippen LogP contribution in [0.2, 0.25) is 0 Å². The number of carbonyl (C=O) groups excluding carboxylic acids is 2. The first-order valence-corrected chi connectivity index (χ1v) is 13.6. The maximum Gasteiger partial charge on any atom is 0.222 e. The lowest BCUT2D eigenvalue weighted by Crippen LogP contribution is -2.27. The molecule has 0 aliphatic heterocycles. The minimum absolute atomic E-state index is 0.0412. The number of amides is 2. The predicted molar refractivity (Wildman–Crippen MR) is 157 cm³/mol. The van der Waals surface area contributed by atoms with Crippen LogP contribution in [0.15, 0.2) is 61.1 Å². The molecule has 0 unspecified atom stereocenters. The van der Waals surface area contributed by atoms with Crippen molar-refractivity contribution in [1.29, 1.82) is 0 Å². The molecule has 0 aliphatic carbocycles. The van der Waals surface area contributed by atoms with Crippen molar-refractivity contribution in [3.05, 3.63) is 61.1 Å². The molecule has 0 fully saturated rings. The van der Waals surface area contributed by atoms with E-state index in [4.69, 9.17) is 5.73 Å². The van der Waals surface area contributed by atoms with Gasteiger partial charge >= 0.3 is 0 Å². The third-order valence-electron chi connectivity index (χ3n) is 5.77. The van der Waals surface area contributed by atoms with E-state index in [9.17, 15) is 14.8 Å². The van der Waals surface area contributed by atoms with Gasteiger partial charge in [0.25, 0.3) is 0 Å². The Bertz CT molecular complexity index is 778. The lowest BCUT2D eigenvalue weighted by molar-refractivity contribution is -0.129. The van der Waals surface area contributed by atoms with Gasteiger partial charge in [0.1, 0.15) is 0 Å². The number of carbonyl (C=O) groups is 2. The molecule has 9 nitrogen and oxygen atoms in total. The van der Waals surface area contributed by atoms with Crippen molar-refractivity contribution >= 4 is 11.8 Å². The van der Waals surface area contributed by atoms with E-state index in [1.165, 1.54) is 12.0 Å². The largest absolute Gasteiger partial charge is 0.388 e. The number of nitrogens with zero attached hydrogens (tertiary/aromatic N) is 2. The fourth-order valence-corrected chi connectivity index (χ4v) is 3.31. The molecule has 2 amide bonds. The number of hydroxylamine groups is 2. The summed E-state index contributed by atoms with van der Waals surface area (Å²) in [6.45, 7) is 17.3. The predicted octanol–water partition coefficient (Wildman–Crippen LogP) is 3.57. The molecule has 0 aromatic carbocycles. The van der Waals surface area contributed by atoms with Crippen LogP contribution in [0.25, 0.3) is 0 Å². The van der Waals surface area contributed by atoms with E-state index in [1.54, 1.807) is 11.9 Å². The molecule has 0 bridgehead atoms. The molecule has 6 N–H and O–H groups in total. The number of hydrogen-bond donors (Lipinski definition) is 5. The van der Waals surface area contributed by atoms with Gasteiger partial charge in [-0.15, -0.1) is 0 Å². The van der Waals surface area contributed by atoms with Gasteiger partial charge in [-0.05, 0) is 51.5 Å². The highest BCUT2D eigenvalue weighted by molar-refractivity contribution is 5.76. The Kier molecular flexibility index (Phi) is 21.3. The Morgan fingerprint density at radius 2 is 1.45 bits per heavy atom. The molecule has 0 saturated carbocycles. The van der Waals surface area contributed by atoms with Crippen LogP contribution in [-0.2, 0) is 9.59 Å². The monoisotopic (exact) mass is 532 g/mol. The Hall–Kier alpha value is -3.04. The zero-order chi connectivity index (χ0) is 28.6. The van der Waals surface area contributed by atoms with Gasteiger partial charge in [0.05, 0.1) is 0 Å². The van der Waals surface area contributed by atoms with E-state index in [2.05, 4.69) is 41.8 Å². The minimum Gasteiger partial charge on any atom is -0.388 e. The lowest BCUT2D eigenvalue weighted by Gasteiger charge is -2.20. The van der Waals surface area contributed by atoms with Crippen LogP contribution < -0.4 is 21.7 Å². The number of allylic oxidation sites excluding steroid dienone is 3. The summed E-state index contributed by atoms with van der Waals surface area (Å²) in [5, 5.41) is 20.5. The molecule has 0 rings (SSSR count). The molecule has 38 heavy (non-hydrogen) atoms. The van der Waals surface area contributed by atoms with E-state index in [-0.39, 0.29) is 11.8 Å². The highest BCUT2D eigenvalue weighted by Crippen LogP contribution is 2.11. The fourth-order valence-electron chi connectivity index (χ4n) is 3.31. The van der Waals surface area contributed by atoms with Crippen molar-refractivity contribution < 1.29 is 14.8 Å². The summed E-state index contributed by atoms with van der Waals surface area (Å²) in [6, 6.07) is 0. The second-order valence-corrected chi connectivity index (χ2v) is 9.33. The maximum absolute atomic E-state index is 12.3. The molecule has 0 aliphatic rings. The molecule has 0 aromatic heterocycles. The molecule has 0 heterocycles. The summed E-state index contributed by atoms with van der Waals surface area (Å²) in [6.07, 6.45) is 14.9. The van der Waals surface area contributed by atoms with E-state index >= 15 is 0 Å². The van der Waals surface area contributed by atoms with E-state index in [0.717, 1.165) is 63.0 Å². The highest BCUT2D eigenvalue weighted by atomic mass is 16.5. The van der Waals surface area contributed by atoms with Crippen LogP contribution >= 0.6 is 0 Å². The second kappa shape index (κ2) is 23.1. The Labute approximate surface area is 230 Å². The van der Waals surface area contributed by atoms with Gasteiger partial charge < -0.3 is 26.6 Å². The van der Waals surface area contributed by atoms with E-state index in [1.807, 2.05) is 18.2 Å². The third-order valence-corrected chi connectivity index (χ3v) is 5.77. The molecule has 0 atom stereocenters. The summed E-state index contributed by atoms with van der Waals surface area (Å²) in [5.74, 6) is 0.0392. The van der Waals surface area contributed by atoms with Gasteiger partial charge in [0, 0.05) is 70.2 Å². The average Bonchev–Trinajstić information content (AvgIpc) is 2.89. The Balaban J connectivity index is 3.87. The fraction of sp³-hybridized carbons (Fsp3) is 0.586. The smallest absolute Gasteiger partial charge is 0.222 e. The van der Waals surface area contributed by atoms with Crippen molar-refractivity contribution in [1.82, 2.24) is 25.9 Å². The standard InChI is InChI=1S/C29H52N6O3/c1-25(15-17-27(3)35(38)24-14-6-9-19-30)31-21-12-8-13-23-34(5)29(37)18-16-26(2)32-20-10-7-11-22-33-28(4)36/h7-8,11,13,31-32,38H,1-3,6,9-10,12,14-24,30H2,4-5H3,(H,33,36)/b11-7+,13-8+. The lowest BCUT2D eigenvalue weighted by atomic mass is 10.2. The van der Waals surface area contributed by atoms with Gasteiger partial charge in [-0.2, -0.15) is 0 Å². The summed E-state index contributed by atoms with van der Waals surface area (Å²) in [4.78, 5) is 24.8. The number of hydrogen-bond acceptors (Lipinski definition) is 7. The minimum atomic E-state index is -0.0412. The van der Waals surface area contributed by atoms with Crippen molar-refractivity contribution in [2.24, 2.45) is 5.73 Å². The quantitative estimate of drug-likeness (QED) is 0.0731. The number of nitrogens with two attached hydrogens (primary N) is 1. The number of unbranched alkanes of at least 4 members (excludes halogenated alkanes) is 2. The summed E-state index contributed by atoms with van der Waals surface area (Å²) >= 11 is 0. The molecule has 0 radical (unpaired) electrons. The number of likely N-dealkylation sites (N-methyl/N-ethyl adjacent to an activating group) is 1. The zero-order valence-electron chi connectivity index (χ0n) is 23.8. The molecular formula is C29H52N6O3. The van der Waals surface area contributed by atoms with Crippen LogP contribution in [0, 0.1) is 0 Å². The van der Waals surface area contributed by atoms with Crippen LogP contribution in [-0.4, -0.2) is 73.3 Å². The van der Waals surface area contributed by atoms with Crippen LogP contribution in [0.4, 0.5) is 0 Å². The Morgan fingerprint density at radius 1 is 0.842 bits per heavy atom. The topological polar surface area (TPSA) is 123 Å². The molecular weight excluding hydrogens is 480 g/mol. The normalized spacial score (nSPS) is 10.9.